The zero-order valence-corrected chi connectivity index (χ0v) is 16.3. The molecule has 0 saturated heterocycles. The number of nitrogens with one attached hydrogen (secondary N) is 1. The highest BCUT2D eigenvalue weighted by Crippen LogP contribution is 2.59. The van der Waals surface area contributed by atoms with E-state index in [0.29, 0.717) is 29.3 Å². The van der Waals surface area contributed by atoms with Gasteiger partial charge in [-0.15, -0.1) is 0 Å². The molecular formula is C23H26N2O3. The summed E-state index contributed by atoms with van der Waals surface area (Å²) in [6.07, 6.45) is 5.07. The Morgan fingerprint density at radius 2 is 1.82 bits per heavy atom. The SMILES string of the molecule is COc1ccc(/C=N/NC(=O)C2C3CCCC2C3c2ccccc2)c(OC)c1. The van der Waals surface area contributed by atoms with Gasteiger partial charge < -0.3 is 9.47 Å². The molecule has 0 heterocycles. The minimum atomic E-state index is 0.0330. The second-order valence-corrected chi connectivity index (χ2v) is 7.56. The maximum atomic E-state index is 12.8. The van der Waals surface area contributed by atoms with Crippen molar-refractivity contribution < 1.29 is 14.3 Å². The van der Waals surface area contributed by atoms with Crippen LogP contribution in [0.2, 0.25) is 0 Å². The number of carbonyl (C=O) groups is 1. The fraction of sp³-hybridized carbons (Fsp3) is 0.391. The molecule has 2 fully saturated rings. The third-order valence-electron chi connectivity index (χ3n) is 6.23. The number of amides is 1. The van der Waals surface area contributed by atoms with E-state index in [1.165, 1.54) is 12.0 Å². The topological polar surface area (TPSA) is 59.9 Å². The molecule has 2 unspecified atom stereocenters. The molecule has 2 aromatic rings. The smallest absolute Gasteiger partial charge is 0.243 e. The summed E-state index contributed by atoms with van der Waals surface area (Å²) in [6, 6.07) is 16.1. The molecule has 146 valence electrons. The van der Waals surface area contributed by atoms with Gasteiger partial charge in [0.15, 0.2) is 0 Å². The lowest BCUT2D eigenvalue weighted by Crippen LogP contribution is -2.54. The number of carbonyl (C=O) groups excluding carboxylic acids is 1. The van der Waals surface area contributed by atoms with Gasteiger partial charge in [-0.05, 0) is 48.3 Å². The Morgan fingerprint density at radius 3 is 2.50 bits per heavy atom. The fourth-order valence-electron chi connectivity index (χ4n) is 4.97. The van der Waals surface area contributed by atoms with Crippen molar-refractivity contribution in [1.82, 2.24) is 5.43 Å². The molecule has 5 heteroatoms. The summed E-state index contributed by atoms with van der Waals surface area (Å²) in [4.78, 5) is 12.8. The van der Waals surface area contributed by atoms with Gasteiger partial charge >= 0.3 is 0 Å². The van der Waals surface area contributed by atoms with Crippen LogP contribution in [0.15, 0.2) is 53.6 Å². The van der Waals surface area contributed by atoms with Crippen molar-refractivity contribution in [3.63, 3.8) is 0 Å². The van der Waals surface area contributed by atoms with Gasteiger partial charge in [0, 0.05) is 17.5 Å². The standard InChI is InChI=1S/C23H26N2O3/c1-27-17-12-11-16(20(13-17)28-2)14-24-25-23(26)22-18-9-6-10-19(22)21(18)15-7-4-3-5-8-15/h3-5,7-8,11-14,18-19,21-22H,6,9-10H2,1-2H3,(H,25,26)/b24-14+. The number of methoxy groups -OCH3 is 2. The van der Waals surface area contributed by atoms with E-state index in [2.05, 4.69) is 34.8 Å². The molecule has 0 aliphatic heterocycles. The largest absolute Gasteiger partial charge is 0.497 e. The number of ether oxygens (including phenoxy) is 2. The lowest BCUT2D eigenvalue weighted by atomic mass is 9.48. The van der Waals surface area contributed by atoms with Crippen LogP contribution in [0.4, 0.5) is 0 Å². The van der Waals surface area contributed by atoms with E-state index in [1.807, 2.05) is 18.2 Å². The molecule has 28 heavy (non-hydrogen) atoms. The normalized spacial score (nSPS) is 25.8. The van der Waals surface area contributed by atoms with Crippen molar-refractivity contribution in [1.29, 1.82) is 0 Å². The van der Waals surface area contributed by atoms with Crippen molar-refractivity contribution in [2.75, 3.05) is 14.2 Å². The van der Waals surface area contributed by atoms with Gasteiger partial charge in [0.25, 0.3) is 0 Å². The predicted molar refractivity (Wildman–Crippen MR) is 109 cm³/mol. The van der Waals surface area contributed by atoms with Crippen molar-refractivity contribution >= 4 is 12.1 Å². The van der Waals surface area contributed by atoms with Gasteiger partial charge in [-0.1, -0.05) is 36.8 Å². The average molecular weight is 378 g/mol. The number of fused-ring (bicyclic) bond motifs is 2. The van der Waals surface area contributed by atoms with E-state index in [4.69, 9.17) is 9.47 Å². The molecule has 2 atom stereocenters. The fourth-order valence-corrected chi connectivity index (χ4v) is 4.97. The Morgan fingerprint density at radius 1 is 1.07 bits per heavy atom. The monoisotopic (exact) mass is 378 g/mol. The van der Waals surface area contributed by atoms with Crippen LogP contribution in [0.3, 0.4) is 0 Å². The molecule has 2 aromatic carbocycles. The number of rotatable bonds is 6. The summed E-state index contributed by atoms with van der Waals surface area (Å²) in [5.74, 6) is 2.82. The Hall–Kier alpha value is -2.82. The summed E-state index contributed by atoms with van der Waals surface area (Å²) < 4.78 is 10.6. The molecule has 4 rings (SSSR count). The molecule has 0 aromatic heterocycles. The van der Waals surface area contributed by atoms with E-state index >= 15 is 0 Å². The maximum absolute atomic E-state index is 12.8. The van der Waals surface area contributed by atoms with E-state index in [1.54, 1.807) is 26.5 Å². The van der Waals surface area contributed by atoms with Gasteiger partial charge in [0.2, 0.25) is 5.91 Å². The number of hydrazone groups is 1. The van der Waals surface area contributed by atoms with Crippen LogP contribution < -0.4 is 14.9 Å². The van der Waals surface area contributed by atoms with E-state index < -0.39 is 0 Å². The van der Waals surface area contributed by atoms with Crippen molar-refractivity contribution in [2.24, 2.45) is 22.9 Å². The van der Waals surface area contributed by atoms with Crippen LogP contribution in [0, 0.1) is 17.8 Å². The molecule has 0 spiro atoms. The number of benzene rings is 2. The quantitative estimate of drug-likeness (QED) is 0.611. The van der Waals surface area contributed by atoms with Crippen LogP contribution in [-0.4, -0.2) is 26.3 Å². The van der Waals surface area contributed by atoms with Crippen molar-refractivity contribution in [3.05, 3.63) is 59.7 Å². The first-order chi connectivity index (χ1) is 13.7. The minimum Gasteiger partial charge on any atom is -0.497 e. The van der Waals surface area contributed by atoms with E-state index in [0.717, 1.165) is 18.4 Å². The predicted octanol–water partition coefficient (Wildman–Crippen LogP) is 3.98. The summed E-state index contributed by atoms with van der Waals surface area (Å²) in [6.45, 7) is 0. The molecular weight excluding hydrogens is 352 g/mol. The van der Waals surface area contributed by atoms with Crippen LogP contribution in [0.5, 0.6) is 11.5 Å². The van der Waals surface area contributed by atoms with Crippen LogP contribution in [0.1, 0.15) is 36.3 Å². The summed E-state index contributed by atoms with van der Waals surface area (Å²) in [7, 11) is 3.21. The van der Waals surface area contributed by atoms with Gasteiger partial charge in [-0.25, -0.2) is 5.43 Å². The van der Waals surface area contributed by atoms with E-state index in [9.17, 15) is 4.79 Å². The Labute approximate surface area is 165 Å². The Bertz CT molecular complexity index is 853. The maximum Gasteiger partial charge on any atom is 0.243 e. The molecule has 2 aliphatic carbocycles. The molecule has 2 bridgehead atoms. The summed E-state index contributed by atoms with van der Waals surface area (Å²) in [5.41, 5.74) is 4.92. The highest BCUT2D eigenvalue weighted by atomic mass is 16.5. The Balaban J connectivity index is 1.42. The second-order valence-electron chi connectivity index (χ2n) is 7.56. The number of hydrogen-bond acceptors (Lipinski definition) is 4. The lowest BCUT2D eigenvalue weighted by Gasteiger charge is -2.55. The molecule has 2 aliphatic rings. The van der Waals surface area contributed by atoms with Crippen LogP contribution >= 0.6 is 0 Å². The molecule has 0 radical (unpaired) electrons. The molecule has 2 saturated carbocycles. The first-order valence-corrected chi connectivity index (χ1v) is 9.83. The highest BCUT2D eigenvalue weighted by molar-refractivity contribution is 5.86. The number of hydrogen-bond donors (Lipinski definition) is 1. The first kappa shape index (κ1) is 18.5. The molecule has 1 amide bonds. The van der Waals surface area contributed by atoms with Gasteiger partial charge in [0.05, 0.1) is 20.4 Å². The zero-order valence-electron chi connectivity index (χ0n) is 16.3. The summed E-state index contributed by atoms with van der Waals surface area (Å²) >= 11 is 0. The van der Waals surface area contributed by atoms with Crippen molar-refractivity contribution in [2.45, 2.75) is 25.2 Å². The van der Waals surface area contributed by atoms with Crippen LogP contribution in [-0.2, 0) is 4.79 Å². The summed E-state index contributed by atoms with van der Waals surface area (Å²) in [5, 5.41) is 4.19. The van der Waals surface area contributed by atoms with Crippen LogP contribution in [0.25, 0.3) is 0 Å². The van der Waals surface area contributed by atoms with Crippen molar-refractivity contribution in [3.8, 4) is 11.5 Å². The van der Waals surface area contributed by atoms with Gasteiger partial charge in [-0.3, -0.25) is 4.79 Å². The molecule has 5 nitrogen and oxygen atoms in total. The third-order valence-corrected chi connectivity index (χ3v) is 6.23. The van der Waals surface area contributed by atoms with Gasteiger partial charge in [0.1, 0.15) is 11.5 Å². The zero-order chi connectivity index (χ0) is 19.5. The van der Waals surface area contributed by atoms with Gasteiger partial charge in [-0.2, -0.15) is 5.10 Å². The Kier molecular flexibility index (Phi) is 5.33. The average Bonchev–Trinajstić information content (AvgIpc) is 2.75. The number of nitrogens with zero attached hydrogens (tertiary/aromatic N) is 1. The third kappa shape index (κ3) is 3.37. The second kappa shape index (κ2) is 8.05. The first-order valence-electron chi connectivity index (χ1n) is 9.83. The molecule has 1 N–H and O–H groups in total. The minimum absolute atomic E-state index is 0.0330. The highest BCUT2D eigenvalue weighted by Gasteiger charge is 2.55. The lowest BCUT2D eigenvalue weighted by molar-refractivity contribution is -0.140. The van der Waals surface area contributed by atoms with E-state index in [-0.39, 0.29) is 11.8 Å².